The zero-order valence-electron chi connectivity index (χ0n) is 15.4. The average Bonchev–Trinajstić information content (AvgIpc) is 2.97. The van der Waals surface area contributed by atoms with Gasteiger partial charge in [-0.2, -0.15) is 0 Å². The molecule has 2 heterocycles. The molecule has 2 aromatic carbocycles. The fourth-order valence-corrected chi connectivity index (χ4v) is 4.81. The highest BCUT2D eigenvalue weighted by atomic mass is 16.5. The van der Waals surface area contributed by atoms with Crippen LogP contribution < -0.4 is 0 Å². The predicted molar refractivity (Wildman–Crippen MR) is 103 cm³/mol. The Morgan fingerprint density at radius 1 is 0.962 bits per heavy atom. The molecule has 0 aliphatic carbocycles. The van der Waals surface area contributed by atoms with Gasteiger partial charge >= 0.3 is 0 Å². The Hall–Kier alpha value is -2.13. The van der Waals surface area contributed by atoms with Gasteiger partial charge in [0, 0.05) is 31.5 Å². The summed E-state index contributed by atoms with van der Waals surface area (Å²) >= 11 is 0. The van der Waals surface area contributed by atoms with Gasteiger partial charge in [0.15, 0.2) is 0 Å². The molecule has 2 aliphatic heterocycles. The Kier molecular flexibility index (Phi) is 5.07. The summed E-state index contributed by atoms with van der Waals surface area (Å²) in [7, 11) is 1.79. The Morgan fingerprint density at radius 3 is 1.92 bits per heavy atom. The molecule has 0 N–H and O–H groups in total. The van der Waals surface area contributed by atoms with Crippen molar-refractivity contribution in [2.24, 2.45) is 0 Å². The first kappa shape index (κ1) is 17.3. The monoisotopic (exact) mass is 349 g/mol. The number of methoxy groups -OCH3 is 1. The Morgan fingerprint density at radius 2 is 1.46 bits per heavy atom. The second kappa shape index (κ2) is 7.63. The minimum Gasteiger partial charge on any atom is -0.381 e. The van der Waals surface area contributed by atoms with Gasteiger partial charge < -0.3 is 9.64 Å². The minimum atomic E-state index is 0.115. The van der Waals surface area contributed by atoms with E-state index in [0.29, 0.717) is 30.5 Å². The first-order valence-corrected chi connectivity index (χ1v) is 9.70. The van der Waals surface area contributed by atoms with Gasteiger partial charge in [-0.1, -0.05) is 60.7 Å². The maximum absolute atomic E-state index is 13.3. The fraction of sp³-hybridized carbons (Fsp3) is 0.435. The summed E-state index contributed by atoms with van der Waals surface area (Å²) in [5.41, 5.74) is 2.43. The Bertz CT molecular complexity index is 677. The SMILES string of the molecule is COC1CC2CCC(C1)N2C(=O)CC(c1ccccc1)c1ccccc1. The lowest BCUT2D eigenvalue weighted by Gasteiger charge is -2.39. The van der Waals surface area contributed by atoms with E-state index in [0.717, 1.165) is 25.7 Å². The zero-order valence-corrected chi connectivity index (χ0v) is 15.4. The lowest BCUT2D eigenvalue weighted by molar-refractivity contribution is -0.138. The van der Waals surface area contributed by atoms with Crippen LogP contribution in [0.1, 0.15) is 49.1 Å². The third kappa shape index (κ3) is 3.41. The van der Waals surface area contributed by atoms with E-state index in [9.17, 15) is 4.79 Å². The molecule has 2 unspecified atom stereocenters. The van der Waals surface area contributed by atoms with Crippen molar-refractivity contribution in [3.8, 4) is 0 Å². The van der Waals surface area contributed by atoms with Gasteiger partial charge in [0.1, 0.15) is 0 Å². The van der Waals surface area contributed by atoms with Crippen LogP contribution in [0.4, 0.5) is 0 Å². The van der Waals surface area contributed by atoms with Crippen molar-refractivity contribution in [2.75, 3.05) is 7.11 Å². The summed E-state index contributed by atoms with van der Waals surface area (Å²) in [6.45, 7) is 0. The van der Waals surface area contributed by atoms with E-state index < -0.39 is 0 Å². The first-order chi connectivity index (χ1) is 12.8. The normalized spacial score (nSPS) is 24.8. The summed E-state index contributed by atoms with van der Waals surface area (Å²) in [5.74, 6) is 0.411. The highest BCUT2D eigenvalue weighted by Gasteiger charge is 2.43. The van der Waals surface area contributed by atoms with Gasteiger partial charge in [0.25, 0.3) is 0 Å². The molecule has 0 radical (unpaired) electrons. The summed E-state index contributed by atoms with van der Waals surface area (Å²) < 4.78 is 5.58. The van der Waals surface area contributed by atoms with Crippen LogP contribution in [0.5, 0.6) is 0 Å². The van der Waals surface area contributed by atoms with E-state index in [1.54, 1.807) is 7.11 Å². The molecular formula is C23H27NO2. The predicted octanol–water partition coefficient (Wildman–Crippen LogP) is 4.38. The standard InChI is InChI=1S/C23H27NO2/c1-26-21-14-19-12-13-20(15-21)24(19)23(25)16-22(17-8-4-2-5-9-17)18-10-6-3-7-11-18/h2-11,19-22H,12-16H2,1H3. The van der Waals surface area contributed by atoms with Crippen LogP contribution in [0.2, 0.25) is 0 Å². The lowest BCUT2D eigenvalue weighted by atomic mass is 9.87. The highest BCUT2D eigenvalue weighted by molar-refractivity contribution is 5.79. The number of fused-ring (bicyclic) bond motifs is 2. The van der Waals surface area contributed by atoms with Gasteiger partial charge in [-0.05, 0) is 36.8 Å². The molecule has 0 spiro atoms. The van der Waals surface area contributed by atoms with Gasteiger partial charge in [-0.25, -0.2) is 0 Å². The molecule has 0 aromatic heterocycles. The van der Waals surface area contributed by atoms with Gasteiger partial charge in [0.2, 0.25) is 5.91 Å². The molecule has 136 valence electrons. The van der Waals surface area contributed by atoms with E-state index in [1.807, 2.05) is 12.1 Å². The molecule has 26 heavy (non-hydrogen) atoms. The van der Waals surface area contributed by atoms with Crippen LogP contribution in [0.3, 0.4) is 0 Å². The van der Waals surface area contributed by atoms with Gasteiger partial charge in [-0.3, -0.25) is 4.79 Å². The number of hydrogen-bond acceptors (Lipinski definition) is 2. The van der Waals surface area contributed by atoms with E-state index >= 15 is 0 Å². The van der Waals surface area contributed by atoms with Crippen molar-refractivity contribution in [3.63, 3.8) is 0 Å². The maximum atomic E-state index is 13.3. The minimum absolute atomic E-state index is 0.115. The van der Waals surface area contributed by atoms with Crippen molar-refractivity contribution in [2.45, 2.75) is 56.2 Å². The van der Waals surface area contributed by atoms with Crippen molar-refractivity contribution in [3.05, 3.63) is 71.8 Å². The topological polar surface area (TPSA) is 29.5 Å². The summed E-state index contributed by atoms with van der Waals surface area (Å²) in [5, 5.41) is 0. The molecule has 3 heteroatoms. The van der Waals surface area contributed by atoms with Gasteiger partial charge in [-0.15, -0.1) is 0 Å². The van der Waals surface area contributed by atoms with Crippen molar-refractivity contribution in [1.82, 2.24) is 4.90 Å². The Balaban J connectivity index is 1.56. The quantitative estimate of drug-likeness (QED) is 0.802. The highest BCUT2D eigenvalue weighted by Crippen LogP contribution is 2.39. The number of piperidine rings is 1. The summed E-state index contributed by atoms with van der Waals surface area (Å²) in [6.07, 6.45) is 5.07. The summed E-state index contributed by atoms with van der Waals surface area (Å²) in [4.78, 5) is 15.5. The number of benzene rings is 2. The molecule has 2 aromatic rings. The number of carbonyl (C=O) groups excluding carboxylic acids is 1. The van der Waals surface area contributed by atoms with E-state index in [1.165, 1.54) is 11.1 Å². The summed E-state index contributed by atoms with van der Waals surface area (Å²) in [6, 6.07) is 21.6. The van der Waals surface area contributed by atoms with E-state index in [4.69, 9.17) is 4.74 Å². The van der Waals surface area contributed by atoms with Crippen molar-refractivity contribution < 1.29 is 9.53 Å². The van der Waals surface area contributed by atoms with Crippen LogP contribution in [-0.2, 0) is 9.53 Å². The average molecular weight is 349 g/mol. The molecule has 2 saturated heterocycles. The molecule has 2 fully saturated rings. The molecule has 3 nitrogen and oxygen atoms in total. The smallest absolute Gasteiger partial charge is 0.224 e. The third-order valence-electron chi connectivity index (χ3n) is 6.09. The molecule has 0 saturated carbocycles. The maximum Gasteiger partial charge on any atom is 0.224 e. The molecular weight excluding hydrogens is 322 g/mol. The Labute approximate surface area is 156 Å². The largest absolute Gasteiger partial charge is 0.381 e. The van der Waals surface area contributed by atoms with E-state index in [-0.39, 0.29) is 5.92 Å². The third-order valence-corrected chi connectivity index (χ3v) is 6.09. The molecule has 1 amide bonds. The molecule has 2 bridgehead atoms. The number of hydrogen-bond donors (Lipinski definition) is 0. The van der Waals surface area contributed by atoms with Crippen LogP contribution in [-0.4, -0.2) is 36.1 Å². The number of ether oxygens (including phenoxy) is 1. The second-order valence-corrected chi connectivity index (χ2v) is 7.59. The van der Waals surface area contributed by atoms with Gasteiger partial charge in [0.05, 0.1) is 6.10 Å². The first-order valence-electron chi connectivity index (χ1n) is 9.70. The zero-order chi connectivity index (χ0) is 17.9. The molecule has 4 rings (SSSR count). The lowest BCUT2D eigenvalue weighted by Crippen LogP contribution is -2.48. The van der Waals surface area contributed by atoms with Crippen LogP contribution in [0.25, 0.3) is 0 Å². The number of nitrogens with zero attached hydrogens (tertiary/aromatic N) is 1. The van der Waals surface area contributed by atoms with E-state index in [2.05, 4.69) is 53.4 Å². The van der Waals surface area contributed by atoms with Crippen molar-refractivity contribution in [1.29, 1.82) is 0 Å². The number of carbonyl (C=O) groups is 1. The fourth-order valence-electron chi connectivity index (χ4n) is 4.81. The van der Waals surface area contributed by atoms with Crippen LogP contribution in [0, 0.1) is 0 Å². The molecule has 2 aliphatic rings. The van der Waals surface area contributed by atoms with Crippen molar-refractivity contribution >= 4 is 5.91 Å². The van der Waals surface area contributed by atoms with Crippen LogP contribution in [0.15, 0.2) is 60.7 Å². The molecule has 2 atom stereocenters. The van der Waals surface area contributed by atoms with Crippen LogP contribution >= 0.6 is 0 Å². The second-order valence-electron chi connectivity index (χ2n) is 7.59. The number of rotatable bonds is 5. The number of amides is 1.